The van der Waals surface area contributed by atoms with Gasteiger partial charge in [-0.3, -0.25) is 9.78 Å². The summed E-state index contributed by atoms with van der Waals surface area (Å²) in [5.41, 5.74) is 4.40. The zero-order valence-electron chi connectivity index (χ0n) is 16.1. The SMILES string of the molecule is CCOC(=O)C1(CCc2cncc(-c3cc4ccccc4n3C)c2)CCC1. The van der Waals surface area contributed by atoms with Crippen molar-refractivity contribution in [2.45, 2.75) is 39.0 Å². The van der Waals surface area contributed by atoms with Crippen LogP contribution in [0.5, 0.6) is 0 Å². The van der Waals surface area contributed by atoms with Crippen molar-refractivity contribution in [3.8, 4) is 11.3 Å². The van der Waals surface area contributed by atoms with Gasteiger partial charge in [0.25, 0.3) is 0 Å². The third-order valence-corrected chi connectivity index (χ3v) is 5.95. The predicted octanol–water partition coefficient (Wildman–Crippen LogP) is 4.91. The van der Waals surface area contributed by atoms with E-state index in [0.29, 0.717) is 6.61 Å². The van der Waals surface area contributed by atoms with Crippen LogP contribution < -0.4 is 0 Å². The molecule has 0 unspecified atom stereocenters. The third kappa shape index (κ3) is 3.25. The van der Waals surface area contributed by atoms with E-state index in [4.69, 9.17) is 4.74 Å². The van der Waals surface area contributed by atoms with Gasteiger partial charge in [0.2, 0.25) is 0 Å². The Morgan fingerprint density at radius 1 is 1.22 bits per heavy atom. The summed E-state index contributed by atoms with van der Waals surface area (Å²) in [6.45, 7) is 2.33. The van der Waals surface area contributed by atoms with Crippen LogP contribution in [0, 0.1) is 5.41 Å². The number of pyridine rings is 1. The Morgan fingerprint density at radius 3 is 2.74 bits per heavy atom. The highest BCUT2D eigenvalue weighted by atomic mass is 16.5. The van der Waals surface area contributed by atoms with E-state index < -0.39 is 0 Å². The predicted molar refractivity (Wildman–Crippen MR) is 107 cm³/mol. The lowest BCUT2D eigenvalue weighted by Gasteiger charge is -2.39. The Morgan fingerprint density at radius 2 is 2.04 bits per heavy atom. The molecule has 4 rings (SSSR count). The number of carbonyl (C=O) groups excluding carboxylic acids is 1. The summed E-state index contributed by atoms with van der Waals surface area (Å²) in [4.78, 5) is 16.8. The second-order valence-corrected chi connectivity index (χ2v) is 7.58. The zero-order valence-corrected chi connectivity index (χ0v) is 16.1. The monoisotopic (exact) mass is 362 g/mol. The van der Waals surface area contributed by atoms with Gasteiger partial charge in [-0.25, -0.2) is 0 Å². The zero-order chi connectivity index (χ0) is 18.9. The number of nitrogens with zero attached hydrogens (tertiary/aromatic N) is 2. The lowest BCUT2D eigenvalue weighted by atomic mass is 9.65. The smallest absolute Gasteiger partial charge is 0.312 e. The van der Waals surface area contributed by atoms with Gasteiger partial charge in [0.15, 0.2) is 0 Å². The molecule has 0 atom stereocenters. The van der Waals surface area contributed by atoms with E-state index >= 15 is 0 Å². The second-order valence-electron chi connectivity index (χ2n) is 7.58. The van der Waals surface area contributed by atoms with Crippen LogP contribution in [-0.2, 0) is 23.0 Å². The summed E-state index contributed by atoms with van der Waals surface area (Å²) in [7, 11) is 2.09. The number of fused-ring (bicyclic) bond motifs is 1. The maximum absolute atomic E-state index is 12.4. The van der Waals surface area contributed by atoms with Crippen LogP contribution in [0.2, 0.25) is 0 Å². The first-order valence-corrected chi connectivity index (χ1v) is 9.79. The van der Waals surface area contributed by atoms with E-state index in [0.717, 1.165) is 43.4 Å². The normalized spacial score (nSPS) is 15.5. The number of hydrogen-bond donors (Lipinski definition) is 0. The molecule has 140 valence electrons. The van der Waals surface area contributed by atoms with Gasteiger partial charge in [0, 0.05) is 35.9 Å². The molecule has 0 radical (unpaired) electrons. The van der Waals surface area contributed by atoms with Gasteiger partial charge < -0.3 is 9.30 Å². The topological polar surface area (TPSA) is 44.1 Å². The summed E-state index contributed by atoms with van der Waals surface area (Å²) in [5.74, 6) is -0.0194. The van der Waals surface area contributed by atoms with Crippen LogP contribution in [0.15, 0.2) is 48.8 Å². The van der Waals surface area contributed by atoms with Crippen molar-refractivity contribution in [3.63, 3.8) is 0 Å². The Hall–Kier alpha value is -2.62. The molecular formula is C23H26N2O2. The van der Waals surface area contributed by atoms with Crippen molar-refractivity contribution in [1.29, 1.82) is 0 Å². The Kier molecular flexibility index (Phi) is 4.73. The van der Waals surface area contributed by atoms with Crippen LogP contribution in [-0.4, -0.2) is 22.1 Å². The number of carbonyl (C=O) groups is 1. The summed E-state index contributed by atoms with van der Waals surface area (Å²) < 4.78 is 7.53. The lowest BCUT2D eigenvalue weighted by molar-refractivity contribution is -0.161. The van der Waals surface area contributed by atoms with E-state index in [2.05, 4.69) is 53.0 Å². The van der Waals surface area contributed by atoms with E-state index in [1.165, 1.54) is 16.5 Å². The van der Waals surface area contributed by atoms with Crippen molar-refractivity contribution in [2.75, 3.05) is 6.61 Å². The Balaban J connectivity index is 1.56. The lowest BCUT2D eigenvalue weighted by Crippen LogP contribution is -2.39. The van der Waals surface area contributed by atoms with Crippen LogP contribution in [0.25, 0.3) is 22.2 Å². The molecule has 0 spiro atoms. The summed E-state index contributed by atoms with van der Waals surface area (Å²) in [5, 5.41) is 1.23. The molecule has 0 aliphatic heterocycles. The first kappa shape index (κ1) is 17.8. The molecule has 0 amide bonds. The molecule has 1 saturated carbocycles. The van der Waals surface area contributed by atoms with E-state index in [9.17, 15) is 4.79 Å². The molecule has 27 heavy (non-hydrogen) atoms. The minimum absolute atomic E-state index is 0.0194. The van der Waals surface area contributed by atoms with Gasteiger partial charge in [-0.1, -0.05) is 24.6 Å². The molecule has 3 aromatic rings. The highest BCUT2D eigenvalue weighted by molar-refractivity contribution is 5.86. The molecule has 0 saturated heterocycles. The summed E-state index contributed by atoms with van der Waals surface area (Å²) >= 11 is 0. The molecule has 0 N–H and O–H groups in total. The molecule has 4 heteroatoms. The molecule has 2 aromatic heterocycles. The molecule has 1 aliphatic carbocycles. The number of ether oxygens (including phenoxy) is 1. The van der Waals surface area contributed by atoms with E-state index in [1.807, 2.05) is 19.3 Å². The third-order valence-electron chi connectivity index (χ3n) is 5.95. The minimum atomic E-state index is -0.272. The standard InChI is InChI=1S/C23H26N2O2/c1-3-27-22(26)23(10-6-11-23)12-9-17-13-19(16-24-15-17)21-14-18-7-4-5-8-20(18)25(21)2/h4-5,7-8,13-16H,3,6,9-12H2,1-2H3. The quantitative estimate of drug-likeness (QED) is 0.586. The van der Waals surface area contributed by atoms with Crippen LogP contribution in [0.1, 0.15) is 38.2 Å². The maximum Gasteiger partial charge on any atom is 0.312 e. The van der Waals surface area contributed by atoms with Crippen molar-refractivity contribution in [3.05, 3.63) is 54.4 Å². The summed E-state index contributed by atoms with van der Waals surface area (Å²) in [6, 6.07) is 12.8. The molecule has 1 fully saturated rings. The van der Waals surface area contributed by atoms with Crippen molar-refractivity contribution < 1.29 is 9.53 Å². The number of aryl methyl sites for hydroxylation is 2. The fourth-order valence-electron chi connectivity index (χ4n) is 4.16. The van der Waals surface area contributed by atoms with E-state index in [-0.39, 0.29) is 11.4 Å². The molecule has 1 aliphatic rings. The number of para-hydroxylation sites is 1. The molecule has 4 nitrogen and oxygen atoms in total. The molecular weight excluding hydrogens is 336 g/mol. The van der Waals surface area contributed by atoms with Crippen LogP contribution in [0.4, 0.5) is 0 Å². The van der Waals surface area contributed by atoms with Gasteiger partial charge in [-0.2, -0.15) is 0 Å². The molecule has 0 bridgehead atoms. The van der Waals surface area contributed by atoms with Crippen molar-refractivity contribution >= 4 is 16.9 Å². The van der Waals surface area contributed by atoms with Gasteiger partial charge in [-0.05, 0) is 56.4 Å². The van der Waals surface area contributed by atoms with Gasteiger partial charge in [0.05, 0.1) is 17.7 Å². The second kappa shape index (κ2) is 7.18. The Labute approximate surface area is 160 Å². The highest BCUT2D eigenvalue weighted by Crippen LogP contribution is 2.45. The number of benzene rings is 1. The average Bonchev–Trinajstić information content (AvgIpc) is 2.98. The number of esters is 1. The first-order chi connectivity index (χ1) is 13.1. The van der Waals surface area contributed by atoms with Gasteiger partial charge in [0.1, 0.15) is 0 Å². The van der Waals surface area contributed by atoms with Gasteiger partial charge >= 0.3 is 5.97 Å². The highest BCUT2D eigenvalue weighted by Gasteiger charge is 2.44. The fraction of sp³-hybridized carbons (Fsp3) is 0.391. The largest absolute Gasteiger partial charge is 0.466 e. The van der Waals surface area contributed by atoms with Crippen LogP contribution >= 0.6 is 0 Å². The number of aromatic nitrogens is 2. The number of rotatable bonds is 6. The van der Waals surface area contributed by atoms with Crippen LogP contribution in [0.3, 0.4) is 0 Å². The average molecular weight is 362 g/mol. The summed E-state index contributed by atoms with van der Waals surface area (Å²) in [6.07, 6.45) is 8.54. The Bertz CT molecular complexity index is 969. The molecule has 2 heterocycles. The first-order valence-electron chi connectivity index (χ1n) is 9.79. The molecule has 1 aromatic carbocycles. The maximum atomic E-state index is 12.4. The van der Waals surface area contributed by atoms with Crippen molar-refractivity contribution in [2.24, 2.45) is 12.5 Å². The van der Waals surface area contributed by atoms with Gasteiger partial charge in [-0.15, -0.1) is 0 Å². The number of hydrogen-bond acceptors (Lipinski definition) is 3. The van der Waals surface area contributed by atoms with Crippen molar-refractivity contribution in [1.82, 2.24) is 9.55 Å². The van der Waals surface area contributed by atoms with E-state index in [1.54, 1.807) is 0 Å². The fourth-order valence-corrected chi connectivity index (χ4v) is 4.16. The minimum Gasteiger partial charge on any atom is -0.466 e.